The number of pyridine rings is 1. The van der Waals surface area contributed by atoms with Gasteiger partial charge >= 0.3 is 6.09 Å². The van der Waals surface area contributed by atoms with E-state index in [0.717, 1.165) is 38.3 Å². The second kappa shape index (κ2) is 5.49. The van der Waals surface area contributed by atoms with E-state index in [1.165, 1.54) is 6.20 Å². The van der Waals surface area contributed by atoms with Crippen LogP contribution in [0.25, 0.3) is 0 Å². The van der Waals surface area contributed by atoms with Gasteiger partial charge in [-0.05, 0) is 19.0 Å². The molecule has 6 heteroatoms. The Morgan fingerprint density at radius 2 is 2.29 bits per heavy atom. The minimum atomic E-state index is -1.07. The first-order valence-electron chi connectivity index (χ1n) is 5.66. The second-order valence-electron chi connectivity index (χ2n) is 3.95. The van der Waals surface area contributed by atoms with E-state index in [4.69, 9.17) is 5.11 Å². The Balaban J connectivity index is 2.11. The number of aromatic nitrogens is 1. The highest BCUT2D eigenvalue weighted by Gasteiger charge is 2.10. The zero-order chi connectivity index (χ0) is 12.1. The number of nitrogens with one attached hydrogen (secondary N) is 2. The van der Waals surface area contributed by atoms with Crippen molar-refractivity contribution in [1.82, 2.24) is 10.3 Å². The molecule has 1 amide bonds. The molecular formula is C11H16N4O2. The fraction of sp³-hybridized carbons (Fsp3) is 0.455. The predicted octanol–water partition coefficient (Wildman–Crippen LogP) is 0.971. The number of rotatable bonds is 2. The molecule has 0 bridgehead atoms. The van der Waals surface area contributed by atoms with E-state index in [9.17, 15) is 4.79 Å². The Labute approximate surface area is 99.7 Å². The number of hydrogen-bond acceptors (Lipinski definition) is 4. The number of carbonyl (C=O) groups is 1. The lowest BCUT2D eigenvalue weighted by atomic mass is 10.3. The van der Waals surface area contributed by atoms with Crippen LogP contribution in [0.1, 0.15) is 6.42 Å². The molecule has 0 radical (unpaired) electrons. The summed E-state index contributed by atoms with van der Waals surface area (Å²) in [5.74, 6) is 0. The first-order valence-corrected chi connectivity index (χ1v) is 5.66. The fourth-order valence-electron chi connectivity index (χ4n) is 1.90. The normalized spacial score (nSPS) is 16.4. The van der Waals surface area contributed by atoms with Crippen molar-refractivity contribution >= 4 is 17.5 Å². The number of anilines is 2. The molecule has 2 heterocycles. The van der Waals surface area contributed by atoms with Crippen molar-refractivity contribution in [2.75, 3.05) is 36.4 Å². The third-order valence-electron chi connectivity index (χ3n) is 2.68. The summed E-state index contributed by atoms with van der Waals surface area (Å²) < 4.78 is 0. The predicted molar refractivity (Wildman–Crippen MR) is 65.6 cm³/mol. The van der Waals surface area contributed by atoms with E-state index in [1.54, 1.807) is 6.20 Å². The van der Waals surface area contributed by atoms with Crippen molar-refractivity contribution in [1.29, 1.82) is 0 Å². The zero-order valence-electron chi connectivity index (χ0n) is 9.52. The summed E-state index contributed by atoms with van der Waals surface area (Å²) in [7, 11) is 0. The van der Waals surface area contributed by atoms with Crippen LogP contribution in [0.15, 0.2) is 18.5 Å². The van der Waals surface area contributed by atoms with Crippen LogP contribution in [0.2, 0.25) is 0 Å². The average molecular weight is 236 g/mol. The van der Waals surface area contributed by atoms with Gasteiger partial charge in [-0.1, -0.05) is 0 Å². The molecule has 6 nitrogen and oxygen atoms in total. The first kappa shape index (κ1) is 11.7. The first-order chi connectivity index (χ1) is 8.25. The lowest BCUT2D eigenvalue weighted by molar-refractivity contribution is 0.209. The summed E-state index contributed by atoms with van der Waals surface area (Å²) in [6.45, 7) is 3.84. The van der Waals surface area contributed by atoms with Crippen molar-refractivity contribution in [3.05, 3.63) is 18.5 Å². The molecule has 0 atom stereocenters. The van der Waals surface area contributed by atoms with Crippen molar-refractivity contribution < 1.29 is 9.90 Å². The molecule has 92 valence electrons. The highest BCUT2D eigenvalue weighted by molar-refractivity contribution is 5.83. The van der Waals surface area contributed by atoms with Crippen LogP contribution in [-0.2, 0) is 0 Å². The molecule has 1 aliphatic rings. The Kier molecular flexibility index (Phi) is 3.77. The monoisotopic (exact) mass is 236 g/mol. The van der Waals surface area contributed by atoms with Gasteiger partial charge < -0.3 is 15.3 Å². The van der Waals surface area contributed by atoms with Crippen LogP contribution in [0.4, 0.5) is 16.2 Å². The molecule has 1 saturated heterocycles. The molecule has 0 spiro atoms. The van der Waals surface area contributed by atoms with E-state index < -0.39 is 6.09 Å². The summed E-state index contributed by atoms with van der Waals surface area (Å²) in [6, 6.07) is 1.81. The van der Waals surface area contributed by atoms with Gasteiger partial charge in [0.15, 0.2) is 0 Å². The Morgan fingerprint density at radius 3 is 3.12 bits per heavy atom. The van der Waals surface area contributed by atoms with Crippen molar-refractivity contribution in [2.24, 2.45) is 0 Å². The van der Waals surface area contributed by atoms with Crippen LogP contribution in [0, 0.1) is 0 Å². The number of carboxylic acid groups (broad SMARTS) is 1. The molecule has 0 saturated carbocycles. The van der Waals surface area contributed by atoms with Crippen molar-refractivity contribution in [3.63, 3.8) is 0 Å². The Morgan fingerprint density at radius 1 is 1.41 bits per heavy atom. The quantitative estimate of drug-likeness (QED) is 0.713. The number of amides is 1. The third kappa shape index (κ3) is 3.32. The van der Waals surface area contributed by atoms with Gasteiger partial charge in [0, 0.05) is 19.6 Å². The fourth-order valence-corrected chi connectivity index (χ4v) is 1.90. The summed E-state index contributed by atoms with van der Waals surface area (Å²) in [5.41, 5.74) is 1.46. The minimum Gasteiger partial charge on any atom is -0.465 e. The van der Waals surface area contributed by atoms with Crippen molar-refractivity contribution in [2.45, 2.75) is 6.42 Å². The summed E-state index contributed by atoms with van der Waals surface area (Å²) in [4.78, 5) is 16.8. The van der Waals surface area contributed by atoms with E-state index in [2.05, 4.69) is 20.5 Å². The lowest BCUT2D eigenvalue weighted by Crippen LogP contribution is -2.28. The maximum absolute atomic E-state index is 10.5. The van der Waals surface area contributed by atoms with Gasteiger partial charge in [0.2, 0.25) is 0 Å². The maximum Gasteiger partial charge on any atom is 0.409 e. The smallest absolute Gasteiger partial charge is 0.409 e. The molecule has 0 aliphatic carbocycles. The molecular weight excluding hydrogens is 220 g/mol. The summed E-state index contributed by atoms with van der Waals surface area (Å²) in [5, 5.41) is 14.3. The largest absolute Gasteiger partial charge is 0.465 e. The molecule has 1 aromatic heterocycles. The van der Waals surface area contributed by atoms with Gasteiger partial charge in [0.05, 0.1) is 23.8 Å². The van der Waals surface area contributed by atoms with Gasteiger partial charge in [-0.3, -0.25) is 10.3 Å². The van der Waals surface area contributed by atoms with Crippen LogP contribution < -0.4 is 15.5 Å². The van der Waals surface area contributed by atoms with Gasteiger partial charge in [0.1, 0.15) is 0 Å². The zero-order valence-corrected chi connectivity index (χ0v) is 9.52. The molecule has 0 aromatic carbocycles. The van der Waals surface area contributed by atoms with E-state index >= 15 is 0 Å². The van der Waals surface area contributed by atoms with Crippen LogP contribution >= 0.6 is 0 Å². The topological polar surface area (TPSA) is 77.5 Å². The molecule has 1 aromatic rings. The summed E-state index contributed by atoms with van der Waals surface area (Å²) in [6.07, 6.45) is 3.28. The maximum atomic E-state index is 10.5. The van der Waals surface area contributed by atoms with Gasteiger partial charge in [-0.25, -0.2) is 4.79 Å². The highest BCUT2D eigenvalue weighted by Crippen LogP contribution is 2.18. The average Bonchev–Trinajstić information content (AvgIpc) is 2.57. The van der Waals surface area contributed by atoms with Crippen LogP contribution in [0.3, 0.4) is 0 Å². The molecule has 0 unspecified atom stereocenters. The molecule has 2 rings (SSSR count). The van der Waals surface area contributed by atoms with Crippen LogP contribution in [0.5, 0.6) is 0 Å². The molecule has 3 N–H and O–H groups in total. The van der Waals surface area contributed by atoms with Crippen LogP contribution in [-0.4, -0.2) is 42.4 Å². The lowest BCUT2D eigenvalue weighted by Gasteiger charge is -2.22. The SMILES string of the molecule is O=C(O)Nc1cncc(N2CCCNCC2)c1. The Hall–Kier alpha value is -1.82. The number of nitrogens with zero attached hydrogens (tertiary/aromatic N) is 2. The third-order valence-corrected chi connectivity index (χ3v) is 2.68. The van der Waals surface area contributed by atoms with Gasteiger partial charge in [-0.2, -0.15) is 0 Å². The molecule has 1 aliphatic heterocycles. The van der Waals surface area contributed by atoms with Gasteiger partial charge in [-0.15, -0.1) is 0 Å². The Bertz CT molecular complexity index is 389. The second-order valence-corrected chi connectivity index (χ2v) is 3.95. The molecule has 1 fully saturated rings. The van der Waals surface area contributed by atoms with E-state index in [0.29, 0.717) is 5.69 Å². The van der Waals surface area contributed by atoms with Gasteiger partial charge in [0.25, 0.3) is 0 Å². The van der Waals surface area contributed by atoms with Crippen molar-refractivity contribution in [3.8, 4) is 0 Å². The number of hydrogen-bond donors (Lipinski definition) is 3. The van der Waals surface area contributed by atoms with E-state index in [1.807, 2.05) is 6.07 Å². The summed E-state index contributed by atoms with van der Waals surface area (Å²) >= 11 is 0. The van der Waals surface area contributed by atoms with E-state index in [-0.39, 0.29) is 0 Å². The molecule has 17 heavy (non-hydrogen) atoms. The highest BCUT2D eigenvalue weighted by atomic mass is 16.4. The standard InChI is InChI=1S/C11H16N4O2/c16-11(17)14-9-6-10(8-13-7-9)15-4-1-2-12-3-5-15/h6-8,12,14H,1-5H2,(H,16,17). The minimum absolute atomic E-state index is 0.507.